The molecule has 1 aromatic rings. The Balaban J connectivity index is 2.20. The van der Waals surface area contributed by atoms with E-state index in [2.05, 4.69) is 17.4 Å². The Bertz CT molecular complexity index is 340. The predicted octanol–water partition coefficient (Wildman–Crippen LogP) is 1.38. The molecule has 0 amide bonds. The van der Waals surface area contributed by atoms with E-state index in [1.54, 1.807) is 7.11 Å². The van der Waals surface area contributed by atoms with Crippen LogP contribution < -0.4 is 10.1 Å². The summed E-state index contributed by atoms with van der Waals surface area (Å²) >= 11 is 0. The largest absolute Gasteiger partial charge is 0.497 e. The quantitative estimate of drug-likeness (QED) is 0.810. The average molecular weight is 221 g/mol. The molecule has 1 aliphatic rings. The van der Waals surface area contributed by atoms with Gasteiger partial charge in [0.25, 0.3) is 0 Å². The van der Waals surface area contributed by atoms with Crippen LogP contribution in [-0.2, 0) is 0 Å². The van der Waals surface area contributed by atoms with Crippen molar-refractivity contribution < 1.29 is 9.84 Å². The molecule has 0 radical (unpaired) electrons. The summed E-state index contributed by atoms with van der Waals surface area (Å²) in [5.41, 5.74) is 1.28. The van der Waals surface area contributed by atoms with Crippen LogP contribution in [0.4, 0.5) is 0 Å². The number of aliphatic hydroxyl groups excluding tert-OH is 1. The first kappa shape index (κ1) is 11.4. The maximum atomic E-state index is 9.38. The second-order valence-corrected chi connectivity index (χ2v) is 4.32. The van der Waals surface area contributed by atoms with Crippen molar-refractivity contribution in [1.29, 1.82) is 0 Å². The molecule has 2 N–H and O–H groups in total. The summed E-state index contributed by atoms with van der Waals surface area (Å²) < 4.78 is 5.24. The minimum atomic E-state index is 0.245. The Morgan fingerprint density at radius 2 is 2.38 bits per heavy atom. The first-order chi connectivity index (χ1) is 7.85. The van der Waals surface area contributed by atoms with Crippen molar-refractivity contribution in [2.75, 3.05) is 26.8 Å². The smallest absolute Gasteiger partial charge is 0.119 e. The molecular formula is C13H19NO2. The summed E-state index contributed by atoms with van der Waals surface area (Å²) in [5, 5.41) is 12.7. The zero-order valence-corrected chi connectivity index (χ0v) is 9.65. The Kier molecular flexibility index (Phi) is 3.80. The van der Waals surface area contributed by atoms with Crippen LogP contribution in [0.1, 0.15) is 17.9 Å². The molecule has 0 aromatic heterocycles. The van der Waals surface area contributed by atoms with Crippen LogP contribution in [0.3, 0.4) is 0 Å². The van der Waals surface area contributed by atoms with Gasteiger partial charge in [0.15, 0.2) is 0 Å². The number of nitrogens with one attached hydrogen (secondary N) is 1. The normalized spacial score (nSPS) is 25.4. The monoisotopic (exact) mass is 221 g/mol. The van der Waals surface area contributed by atoms with Crippen LogP contribution in [0, 0.1) is 5.92 Å². The van der Waals surface area contributed by atoms with E-state index in [-0.39, 0.29) is 6.61 Å². The highest BCUT2D eigenvalue weighted by molar-refractivity contribution is 5.31. The number of benzene rings is 1. The molecular weight excluding hydrogens is 202 g/mol. The molecule has 1 aromatic carbocycles. The number of piperidine rings is 1. The third-order valence-electron chi connectivity index (χ3n) is 3.36. The van der Waals surface area contributed by atoms with Crippen molar-refractivity contribution in [3.8, 4) is 5.75 Å². The summed E-state index contributed by atoms with van der Waals surface area (Å²) in [7, 11) is 1.69. The van der Waals surface area contributed by atoms with Crippen molar-refractivity contribution in [3.63, 3.8) is 0 Å². The van der Waals surface area contributed by atoms with Crippen molar-refractivity contribution in [2.45, 2.75) is 12.3 Å². The molecule has 0 bridgehead atoms. The Hall–Kier alpha value is -1.06. The van der Waals surface area contributed by atoms with Gasteiger partial charge in [-0.2, -0.15) is 0 Å². The van der Waals surface area contributed by atoms with Crippen LogP contribution in [0.5, 0.6) is 5.75 Å². The van der Waals surface area contributed by atoms with Gasteiger partial charge in [0, 0.05) is 19.1 Å². The highest BCUT2D eigenvalue weighted by Crippen LogP contribution is 2.31. The Morgan fingerprint density at radius 3 is 3.12 bits per heavy atom. The van der Waals surface area contributed by atoms with Gasteiger partial charge in [0.1, 0.15) is 5.75 Å². The molecule has 16 heavy (non-hydrogen) atoms. The average Bonchev–Trinajstić information content (AvgIpc) is 2.38. The van der Waals surface area contributed by atoms with Gasteiger partial charge >= 0.3 is 0 Å². The van der Waals surface area contributed by atoms with E-state index in [9.17, 15) is 5.11 Å². The van der Waals surface area contributed by atoms with Gasteiger partial charge in [0.05, 0.1) is 7.11 Å². The van der Waals surface area contributed by atoms with Crippen molar-refractivity contribution >= 4 is 0 Å². The predicted molar refractivity (Wildman–Crippen MR) is 63.8 cm³/mol. The van der Waals surface area contributed by atoms with Crippen LogP contribution in [0.2, 0.25) is 0 Å². The lowest BCUT2D eigenvalue weighted by atomic mass is 9.81. The maximum absolute atomic E-state index is 9.38. The van der Waals surface area contributed by atoms with Gasteiger partial charge in [-0.25, -0.2) is 0 Å². The molecule has 1 heterocycles. The fraction of sp³-hybridized carbons (Fsp3) is 0.538. The first-order valence-corrected chi connectivity index (χ1v) is 5.80. The van der Waals surface area contributed by atoms with E-state index in [0.29, 0.717) is 11.8 Å². The number of rotatable bonds is 3. The lowest BCUT2D eigenvalue weighted by molar-refractivity contribution is 0.179. The highest BCUT2D eigenvalue weighted by Gasteiger charge is 2.25. The van der Waals surface area contributed by atoms with Gasteiger partial charge in [-0.05, 0) is 36.6 Å². The molecule has 2 atom stereocenters. The maximum Gasteiger partial charge on any atom is 0.119 e. The molecule has 1 saturated heterocycles. The SMILES string of the molecule is COc1cccc(C2CCNCC2CO)c1. The van der Waals surface area contributed by atoms with E-state index in [1.807, 2.05) is 12.1 Å². The van der Waals surface area contributed by atoms with E-state index in [1.165, 1.54) is 5.56 Å². The number of hydrogen-bond donors (Lipinski definition) is 2. The van der Waals surface area contributed by atoms with Crippen LogP contribution >= 0.6 is 0 Å². The number of aliphatic hydroxyl groups is 1. The second-order valence-electron chi connectivity index (χ2n) is 4.32. The summed E-state index contributed by atoms with van der Waals surface area (Å²) in [4.78, 5) is 0. The lowest BCUT2D eigenvalue weighted by Crippen LogP contribution is -2.37. The molecule has 3 heteroatoms. The van der Waals surface area contributed by atoms with Gasteiger partial charge in [-0.1, -0.05) is 12.1 Å². The van der Waals surface area contributed by atoms with Gasteiger partial charge in [0.2, 0.25) is 0 Å². The number of ether oxygens (including phenoxy) is 1. The zero-order chi connectivity index (χ0) is 11.4. The van der Waals surface area contributed by atoms with Crippen molar-refractivity contribution in [1.82, 2.24) is 5.32 Å². The molecule has 2 rings (SSSR count). The summed E-state index contributed by atoms with van der Waals surface area (Å²) in [6.45, 7) is 2.17. The molecule has 3 nitrogen and oxygen atoms in total. The van der Waals surface area contributed by atoms with Crippen molar-refractivity contribution in [2.24, 2.45) is 5.92 Å². The molecule has 0 aliphatic carbocycles. The van der Waals surface area contributed by atoms with E-state index >= 15 is 0 Å². The number of methoxy groups -OCH3 is 1. The van der Waals surface area contributed by atoms with Crippen LogP contribution in [0.15, 0.2) is 24.3 Å². The van der Waals surface area contributed by atoms with Crippen molar-refractivity contribution in [3.05, 3.63) is 29.8 Å². The Labute approximate surface area is 96.4 Å². The topological polar surface area (TPSA) is 41.5 Å². The molecule has 88 valence electrons. The third kappa shape index (κ3) is 2.36. The number of hydrogen-bond acceptors (Lipinski definition) is 3. The van der Waals surface area contributed by atoms with E-state index in [0.717, 1.165) is 25.3 Å². The standard InChI is InChI=1S/C13H19NO2/c1-16-12-4-2-3-10(7-12)13-5-6-14-8-11(13)9-15/h2-4,7,11,13-15H,5-6,8-9H2,1H3. The summed E-state index contributed by atoms with van der Waals surface area (Å²) in [6.07, 6.45) is 1.08. The zero-order valence-electron chi connectivity index (χ0n) is 9.65. The first-order valence-electron chi connectivity index (χ1n) is 5.80. The van der Waals surface area contributed by atoms with Crippen LogP contribution in [0.25, 0.3) is 0 Å². The van der Waals surface area contributed by atoms with E-state index in [4.69, 9.17) is 4.74 Å². The van der Waals surface area contributed by atoms with Gasteiger partial charge in [-0.15, -0.1) is 0 Å². The fourth-order valence-corrected chi connectivity index (χ4v) is 2.43. The molecule has 2 unspecified atom stereocenters. The molecule has 1 aliphatic heterocycles. The fourth-order valence-electron chi connectivity index (χ4n) is 2.43. The Morgan fingerprint density at radius 1 is 1.50 bits per heavy atom. The minimum Gasteiger partial charge on any atom is -0.497 e. The molecule has 0 spiro atoms. The molecule has 0 saturated carbocycles. The molecule has 1 fully saturated rings. The third-order valence-corrected chi connectivity index (χ3v) is 3.36. The minimum absolute atomic E-state index is 0.245. The van der Waals surface area contributed by atoms with Gasteiger partial charge < -0.3 is 15.2 Å². The van der Waals surface area contributed by atoms with Gasteiger partial charge in [-0.3, -0.25) is 0 Å². The summed E-state index contributed by atoms with van der Waals surface area (Å²) in [5.74, 6) is 1.66. The summed E-state index contributed by atoms with van der Waals surface area (Å²) in [6, 6.07) is 8.18. The second kappa shape index (κ2) is 5.32. The highest BCUT2D eigenvalue weighted by atomic mass is 16.5. The van der Waals surface area contributed by atoms with E-state index < -0.39 is 0 Å². The van der Waals surface area contributed by atoms with Crippen LogP contribution in [-0.4, -0.2) is 31.9 Å². The lowest BCUT2D eigenvalue weighted by Gasteiger charge is -2.31.